The van der Waals surface area contributed by atoms with Gasteiger partial charge in [-0.3, -0.25) is 4.79 Å². The molecule has 0 saturated carbocycles. The van der Waals surface area contributed by atoms with E-state index in [2.05, 4.69) is 4.74 Å². The summed E-state index contributed by atoms with van der Waals surface area (Å²) in [6, 6.07) is 4.26. The Labute approximate surface area is 99.0 Å². The Morgan fingerprint density at radius 1 is 1.47 bits per heavy atom. The van der Waals surface area contributed by atoms with Gasteiger partial charge in [0.15, 0.2) is 11.6 Å². The van der Waals surface area contributed by atoms with Crippen molar-refractivity contribution >= 4 is 5.97 Å². The fourth-order valence-electron chi connectivity index (χ4n) is 1.26. The van der Waals surface area contributed by atoms with Crippen molar-refractivity contribution in [3.05, 3.63) is 29.6 Å². The fraction of sp³-hybridized carbons (Fsp3) is 0.417. The summed E-state index contributed by atoms with van der Waals surface area (Å²) < 4.78 is 23.0. The second-order valence-electron chi connectivity index (χ2n) is 3.45. The molecule has 0 heterocycles. The van der Waals surface area contributed by atoms with Gasteiger partial charge in [0.05, 0.1) is 20.3 Å². The SMILES string of the molecule is COC(=O)CCCOc1ccc(CO)cc1F. The van der Waals surface area contributed by atoms with Crippen LogP contribution in [0, 0.1) is 5.82 Å². The number of carbonyl (C=O) groups excluding carboxylic acids is 1. The van der Waals surface area contributed by atoms with Crippen LogP contribution in [0.1, 0.15) is 18.4 Å². The van der Waals surface area contributed by atoms with Crippen molar-refractivity contribution in [2.24, 2.45) is 0 Å². The van der Waals surface area contributed by atoms with E-state index in [-0.39, 0.29) is 31.4 Å². The second kappa shape index (κ2) is 6.85. The van der Waals surface area contributed by atoms with E-state index in [9.17, 15) is 9.18 Å². The molecule has 0 spiro atoms. The molecule has 0 atom stereocenters. The van der Waals surface area contributed by atoms with Crippen molar-refractivity contribution < 1.29 is 23.8 Å². The Kier molecular flexibility index (Phi) is 5.42. The van der Waals surface area contributed by atoms with Crippen LogP contribution in [-0.4, -0.2) is 24.8 Å². The molecule has 0 bridgehead atoms. The lowest BCUT2D eigenvalue weighted by atomic mass is 10.2. The Hall–Kier alpha value is -1.62. The Morgan fingerprint density at radius 2 is 2.24 bits per heavy atom. The van der Waals surface area contributed by atoms with Crippen molar-refractivity contribution in [3.8, 4) is 5.75 Å². The third-order valence-corrected chi connectivity index (χ3v) is 2.19. The molecule has 0 radical (unpaired) electrons. The van der Waals surface area contributed by atoms with Crippen molar-refractivity contribution in [3.63, 3.8) is 0 Å². The molecule has 0 amide bonds. The van der Waals surface area contributed by atoms with Gasteiger partial charge in [-0.25, -0.2) is 4.39 Å². The molecule has 0 saturated heterocycles. The van der Waals surface area contributed by atoms with Gasteiger partial charge >= 0.3 is 5.97 Å². The monoisotopic (exact) mass is 242 g/mol. The van der Waals surface area contributed by atoms with Crippen LogP contribution in [0.5, 0.6) is 5.75 Å². The minimum absolute atomic E-state index is 0.118. The standard InChI is InChI=1S/C12H15FO4/c1-16-12(15)3-2-6-17-11-5-4-9(8-14)7-10(11)13/h4-5,7,14H,2-3,6,8H2,1H3. The van der Waals surface area contributed by atoms with Crippen LogP contribution in [-0.2, 0) is 16.1 Å². The topological polar surface area (TPSA) is 55.8 Å². The van der Waals surface area contributed by atoms with Crippen molar-refractivity contribution in [2.75, 3.05) is 13.7 Å². The lowest BCUT2D eigenvalue weighted by Gasteiger charge is -2.07. The highest BCUT2D eigenvalue weighted by molar-refractivity contribution is 5.69. The zero-order valence-electron chi connectivity index (χ0n) is 9.61. The highest BCUT2D eigenvalue weighted by atomic mass is 19.1. The summed E-state index contributed by atoms with van der Waals surface area (Å²) in [6.45, 7) is 0.0318. The third kappa shape index (κ3) is 4.40. The Balaban J connectivity index is 2.39. The summed E-state index contributed by atoms with van der Waals surface area (Å²) in [7, 11) is 1.32. The maximum Gasteiger partial charge on any atom is 0.305 e. The molecule has 1 N–H and O–H groups in total. The summed E-state index contributed by atoms with van der Waals surface area (Å²) in [4.78, 5) is 10.8. The average Bonchev–Trinajstić information content (AvgIpc) is 2.35. The highest BCUT2D eigenvalue weighted by Crippen LogP contribution is 2.18. The minimum Gasteiger partial charge on any atom is -0.491 e. The molecule has 5 heteroatoms. The van der Waals surface area contributed by atoms with E-state index < -0.39 is 5.82 Å². The molecule has 0 aliphatic rings. The van der Waals surface area contributed by atoms with Crippen molar-refractivity contribution in [2.45, 2.75) is 19.4 Å². The fourth-order valence-corrected chi connectivity index (χ4v) is 1.26. The number of esters is 1. The van der Waals surface area contributed by atoms with Gasteiger partial charge in [-0.2, -0.15) is 0 Å². The summed E-state index contributed by atoms with van der Waals surface area (Å²) in [6.07, 6.45) is 0.709. The summed E-state index contributed by atoms with van der Waals surface area (Å²) in [5, 5.41) is 8.80. The summed E-state index contributed by atoms with van der Waals surface area (Å²) >= 11 is 0. The molecule has 0 aliphatic carbocycles. The van der Waals surface area contributed by atoms with Crippen LogP contribution in [0.4, 0.5) is 4.39 Å². The molecule has 0 unspecified atom stereocenters. The zero-order chi connectivity index (χ0) is 12.7. The first-order valence-electron chi connectivity index (χ1n) is 5.26. The molecule has 1 aromatic carbocycles. The molecule has 0 aliphatic heterocycles. The van der Waals surface area contributed by atoms with Gasteiger partial charge in [0.25, 0.3) is 0 Å². The van der Waals surface area contributed by atoms with Crippen LogP contribution in [0.3, 0.4) is 0 Å². The Bertz CT molecular complexity index is 379. The van der Waals surface area contributed by atoms with Crippen LogP contribution in [0.2, 0.25) is 0 Å². The number of aliphatic hydroxyl groups is 1. The first-order valence-corrected chi connectivity index (χ1v) is 5.26. The largest absolute Gasteiger partial charge is 0.491 e. The maximum absolute atomic E-state index is 13.4. The third-order valence-electron chi connectivity index (χ3n) is 2.19. The van der Waals surface area contributed by atoms with E-state index in [1.54, 1.807) is 6.07 Å². The minimum atomic E-state index is -0.519. The van der Waals surface area contributed by atoms with E-state index in [4.69, 9.17) is 9.84 Å². The number of hydrogen-bond donors (Lipinski definition) is 1. The van der Waals surface area contributed by atoms with E-state index in [1.165, 1.54) is 19.2 Å². The predicted molar refractivity (Wildman–Crippen MR) is 59.1 cm³/mol. The Morgan fingerprint density at radius 3 is 2.82 bits per heavy atom. The molecule has 0 fully saturated rings. The van der Waals surface area contributed by atoms with E-state index in [0.29, 0.717) is 12.0 Å². The maximum atomic E-state index is 13.4. The second-order valence-corrected chi connectivity index (χ2v) is 3.45. The van der Waals surface area contributed by atoms with Gasteiger partial charge in [0.2, 0.25) is 0 Å². The van der Waals surface area contributed by atoms with Crippen LogP contribution in [0.25, 0.3) is 0 Å². The summed E-state index contributed by atoms with van der Waals surface area (Å²) in [5.41, 5.74) is 0.490. The molecule has 1 aromatic rings. The molecule has 0 aromatic heterocycles. The van der Waals surface area contributed by atoms with Crippen LogP contribution in [0.15, 0.2) is 18.2 Å². The normalized spacial score (nSPS) is 10.1. The molecule has 94 valence electrons. The number of hydrogen-bond acceptors (Lipinski definition) is 4. The lowest BCUT2D eigenvalue weighted by Crippen LogP contribution is -2.05. The molecule has 4 nitrogen and oxygen atoms in total. The molecular formula is C12H15FO4. The van der Waals surface area contributed by atoms with Crippen molar-refractivity contribution in [1.82, 2.24) is 0 Å². The smallest absolute Gasteiger partial charge is 0.305 e. The van der Waals surface area contributed by atoms with E-state index >= 15 is 0 Å². The average molecular weight is 242 g/mol. The number of rotatable bonds is 6. The van der Waals surface area contributed by atoms with Gasteiger partial charge in [0.1, 0.15) is 0 Å². The van der Waals surface area contributed by atoms with E-state index in [0.717, 1.165) is 0 Å². The number of aliphatic hydroxyl groups excluding tert-OH is 1. The van der Waals surface area contributed by atoms with Crippen molar-refractivity contribution in [1.29, 1.82) is 0 Å². The van der Waals surface area contributed by atoms with Crippen LogP contribution >= 0.6 is 0 Å². The number of methoxy groups -OCH3 is 1. The quantitative estimate of drug-likeness (QED) is 0.608. The van der Waals surface area contributed by atoms with Gasteiger partial charge in [-0.1, -0.05) is 6.07 Å². The number of carbonyl (C=O) groups is 1. The number of halogens is 1. The first kappa shape index (κ1) is 13.4. The van der Waals surface area contributed by atoms with E-state index in [1.807, 2.05) is 0 Å². The number of ether oxygens (including phenoxy) is 2. The van der Waals surface area contributed by atoms with Gasteiger partial charge in [-0.05, 0) is 24.1 Å². The van der Waals surface area contributed by atoms with Crippen LogP contribution < -0.4 is 4.74 Å². The lowest BCUT2D eigenvalue weighted by molar-refractivity contribution is -0.140. The molecular weight excluding hydrogens is 227 g/mol. The first-order chi connectivity index (χ1) is 8.17. The predicted octanol–water partition coefficient (Wildman–Crippen LogP) is 1.65. The number of benzene rings is 1. The molecule has 17 heavy (non-hydrogen) atoms. The zero-order valence-corrected chi connectivity index (χ0v) is 9.61. The van der Waals surface area contributed by atoms with Gasteiger partial charge < -0.3 is 14.6 Å². The van der Waals surface area contributed by atoms with Gasteiger partial charge in [-0.15, -0.1) is 0 Å². The highest BCUT2D eigenvalue weighted by Gasteiger charge is 2.05. The van der Waals surface area contributed by atoms with Gasteiger partial charge in [0, 0.05) is 6.42 Å². The molecule has 1 rings (SSSR count). The summed E-state index contributed by atoms with van der Waals surface area (Å²) in [5.74, 6) is -0.716.